The van der Waals surface area contributed by atoms with Crippen LogP contribution in [0.2, 0.25) is 0 Å². The normalized spacial score (nSPS) is 24.6. The lowest BCUT2D eigenvalue weighted by atomic mass is 9.85. The molecule has 0 saturated carbocycles. The Labute approximate surface area is 143 Å². The van der Waals surface area contributed by atoms with Crippen molar-refractivity contribution in [3.63, 3.8) is 0 Å². The lowest BCUT2D eigenvalue weighted by Gasteiger charge is -2.39. The monoisotopic (exact) mass is 346 g/mol. The Balaban J connectivity index is 1.86. The second-order valence-electron chi connectivity index (χ2n) is 6.04. The van der Waals surface area contributed by atoms with Crippen molar-refractivity contribution in [1.29, 1.82) is 0 Å². The summed E-state index contributed by atoms with van der Waals surface area (Å²) in [5, 5.41) is 0. The van der Waals surface area contributed by atoms with E-state index < -0.39 is 15.7 Å². The SMILES string of the molecule is CCS(=O)(=O)OC1(c2ccccc2)CCC(c2ccccc2)OC1. The molecule has 0 aliphatic carbocycles. The van der Waals surface area contributed by atoms with E-state index in [1.54, 1.807) is 6.92 Å². The van der Waals surface area contributed by atoms with Crippen molar-refractivity contribution >= 4 is 10.1 Å². The third kappa shape index (κ3) is 3.69. The third-order valence-electron chi connectivity index (χ3n) is 4.44. The van der Waals surface area contributed by atoms with Crippen molar-refractivity contribution < 1.29 is 17.3 Å². The molecule has 1 saturated heterocycles. The predicted molar refractivity (Wildman–Crippen MR) is 93.0 cm³/mol. The van der Waals surface area contributed by atoms with Crippen molar-refractivity contribution in [2.75, 3.05) is 12.4 Å². The van der Waals surface area contributed by atoms with Crippen LogP contribution in [0.3, 0.4) is 0 Å². The zero-order valence-corrected chi connectivity index (χ0v) is 14.5. The molecule has 0 spiro atoms. The largest absolute Gasteiger partial charge is 0.370 e. The third-order valence-corrected chi connectivity index (χ3v) is 5.72. The molecule has 0 aromatic heterocycles. The summed E-state index contributed by atoms with van der Waals surface area (Å²) in [5.41, 5.74) is 1.01. The molecule has 0 radical (unpaired) electrons. The minimum Gasteiger partial charge on any atom is -0.370 e. The second kappa shape index (κ2) is 7.05. The highest BCUT2D eigenvalue weighted by molar-refractivity contribution is 7.86. The molecule has 1 heterocycles. The lowest BCUT2D eigenvalue weighted by molar-refractivity contribution is -0.108. The van der Waals surface area contributed by atoms with E-state index in [0.717, 1.165) is 11.1 Å². The summed E-state index contributed by atoms with van der Waals surface area (Å²) in [6.45, 7) is 1.81. The van der Waals surface area contributed by atoms with E-state index in [1.165, 1.54) is 0 Å². The van der Waals surface area contributed by atoms with Gasteiger partial charge >= 0.3 is 0 Å². The Morgan fingerprint density at radius 1 is 1.08 bits per heavy atom. The summed E-state index contributed by atoms with van der Waals surface area (Å²) < 4.78 is 35.9. The molecule has 1 aliphatic heterocycles. The van der Waals surface area contributed by atoms with Gasteiger partial charge in [0, 0.05) is 0 Å². The van der Waals surface area contributed by atoms with E-state index in [9.17, 15) is 8.42 Å². The van der Waals surface area contributed by atoms with Gasteiger partial charge in [-0.2, -0.15) is 8.42 Å². The maximum atomic E-state index is 12.1. The van der Waals surface area contributed by atoms with Gasteiger partial charge < -0.3 is 4.74 Å². The van der Waals surface area contributed by atoms with Crippen LogP contribution in [0.1, 0.15) is 37.0 Å². The molecule has 24 heavy (non-hydrogen) atoms. The van der Waals surface area contributed by atoms with Gasteiger partial charge in [0.2, 0.25) is 0 Å². The number of hydrogen-bond donors (Lipinski definition) is 0. The summed E-state index contributed by atoms with van der Waals surface area (Å²) >= 11 is 0. The van der Waals surface area contributed by atoms with Crippen LogP contribution < -0.4 is 0 Å². The standard InChI is InChI=1S/C19H22O4S/c1-2-24(20,21)23-19(17-11-7-4-8-12-17)14-13-18(22-15-19)16-9-5-3-6-10-16/h3-12,18H,2,13-15H2,1H3. The van der Waals surface area contributed by atoms with Gasteiger partial charge in [-0.15, -0.1) is 0 Å². The fraction of sp³-hybridized carbons (Fsp3) is 0.368. The quantitative estimate of drug-likeness (QED) is 0.773. The molecule has 3 rings (SSSR count). The number of benzene rings is 2. The van der Waals surface area contributed by atoms with Gasteiger partial charge in [0.25, 0.3) is 10.1 Å². The maximum Gasteiger partial charge on any atom is 0.267 e. The molecule has 128 valence electrons. The topological polar surface area (TPSA) is 52.6 Å². The fourth-order valence-electron chi connectivity index (χ4n) is 3.07. The molecule has 2 unspecified atom stereocenters. The van der Waals surface area contributed by atoms with Crippen molar-refractivity contribution in [3.8, 4) is 0 Å². The van der Waals surface area contributed by atoms with E-state index in [2.05, 4.69) is 0 Å². The highest BCUT2D eigenvalue weighted by atomic mass is 32.2. The van der Waals surface area contributed by atoms with E-state index in [0.29, 0.717) is 12.8 Å². The van der Waals surface area contributed by atoms with Gasteiger partial charge in [0.15, 0.2) is 0 Å². The summed E-state index contributed by atoms with van der Waals surface area (Å²) in [4.78, 5) is 0. The summed E-state index contributed by atoms with van der Waals surface area (Å²) in [5.74, 6) is -0.0519. The first kappa shape index (κ1) is 17.1. The zero-order chi connectivity index (χ0) is 17.0. The number of ether oxygens (including phenoxy) is 1. The van der Waals surface area contributed by atoms with Crippen molar-refractivity contribution in [2.24, 2.45) is 0 Å². The van der Waals surface area contributed by atoms with Crippen LogP contribution in [0.4, 0.5) is 0 Å². The van der Waals surface area contributed by atoms with Crippen LogP contribution in [-0.4, -0.2) is 20.8 Å². The molecule has 1 aliphatic rings. The van der Waals surface area contributed by atoms with Crippen molar-refractivity contribution in [2.45, 2.75) is 31.5 Å². The van der Waals surface area contributed by atoms with Gasteiger partial charge in [-0.3, -0.25) is 4.18 Å². The van der Waals surface area contributed by atoms with Gasteiger partial charge in [-0.1, -0.05) is 60.7 Å². The molecule has 0 amide bonds. The molecule has 2 aromatic carbocycles. The molecule has 0 bridgehead atoms. The van der Waals surface area contributed by atoms with Crippen LogP contribution in [0.25, 0.3) is 0 Å². The fourth-order valence-corrected chi connectivity index (χ4v) is 3.90. The Bertz CT molecular complexity index is 748. The first-order valence-electron chi connectivity index (χ1n) is 8.20. The highest BCUT2D eigenvalue weighted by Crippen LogP contribution is 2.41. The average molecular weight is 346 g/mol. The van der Waals surface area contributed by atoms with Crippen LogP contribution in [0.5, 0.6) is 0 Å². The summed E-state index contributed by atoms with van der Waals surface area (Å²) in [7, 11) is -3.59. The van der Waals surface area contributed by atoms with E-state index in [-0.39, 0.29) is 18.5 Å². The Kier molecular flexibility index (Phi) is 5.04. The average Bonchev–Trinajstić information content (AvgIpc) is 2.63. The van der Waals surface area contributed by atoms with Crippen LogP contribution in [0, 0.1) is 0 Å². The molecule has 4 nitrogen and oxygen atoms in total. The Hall–Kier alpha value is -1.69. The first-order valence-corrected chi connectivity index (χ1v) is 9.78. The van der Waals surface area contributed by atoms with Gasteiger partial charge in [-0.25, -0.2) is 0 Å². The molecule has 2 aromatic rings. The molecule has 1 fully saturated rings. The summed E-state index contributed by atoms with van der Waals surface area (Å²) in [6, 6.07) is 19.5. The van der Waals surface area contributed by atoms with Gasteiger partial charge in [0.05, 0.1) is 18.5 Å². The maximum absolute atomic E-state index is 12.1. The highest BCUT2D eigenvalue weighted by Gasteiger charge is 2.42. The smallest absolute Gasteiger partial charge is 0.267 e. The lowest BCUT2D eigenvalue weighted by Crippen LogP contribution is -2.41. The molecule has 2 atom stereocenters. The van der Waals surface area contributed by atoms with E-state index >= 15 is 0 Å². The Morgan fingerprint density at radius 2 is 1.71 bits per heavy atom. The number of rotatable bonds is 5. The van der Waals surface area contributed by atoms with Crippen molar-refractivity contribution in [3.05, 3.63) is 71.8 Å². The van der Waals surface area contributed by atoms with Crippen LogP contribution >= 0.6 is 0 Å². The van der Waals surface area contributed by atoms with Crippen LogP contribution in [0.15, 0.2) is 60.7 Å². The molecule has 0 N–H and O–H groups in total. The Morgan fingerprint density at radius 3 is 2.25 bits per heavy atom. The predicted octanol–water partition coefficient (Wildman–Crippen LogP) is 3.80. The molecule has 5 heteroatoms. The summed E-state index contributed by atoms with van der Waals surface area (Å²) in [6.07, 6.45) is 1.27. The van der Waals surface area contributed by atoms with Crippen molar-refractivity contribution in [1.82, 2.24) is 0 Å². The van der Waals surface area contributed by atoms with E-state index in [1.807, 2.05) is 60.7 Å². The van der Waals surface area contributed by atoms with Crippen LogP contribution in [-0.2, 0) is 24.6 Å². The van der Waals surface area contributed by atoms with Gasteiger partial charge in [-0.05, 0) is 30.9 Å². The molecular weight excluding hydrogens is 324 g/mol. The van der Waals surface area contributed by atoms with Gasteiger partial charge in [0.1, 0.15) is 5.60 Å². The number of hydrogen-bond acceptors (Lipinski definition) is 4. The zero-order valence-electron chi connectivity index (χ0n) is 13.7. The molecular formula is C19H22O4S. The first-order chi connectivity index (χ1) is 11.5. The minimum atomic E-state index is -3.59. The van der Waals surface area contributed by atoms with E-state index in [4.69, 9.17) is 8.92 Å². The second-order valence-corrected chi connectivity index (χ2v) is 7.90. The minimum absolute atomic E-state index is 0.0315.